The Balaban J connectivity index is 1.58. The molecular weight excluding hydrogens is 394 g/mol. The van der Waals surface area contributed by atoms with E-state index in [9.17, 15) is 18.0 Å². The highest BCUT2D eigenvalue weighted by Crippen LogP contribution is 2.25. The van der Waals surface area contributed by atoms with E-state index in [1.54, 1.807) is 32.0 Å². The number of benzene rings is 2. The molecule has 1 N–H and O–H groups in total. The lowest BCUT2D eigenvalue weighted by molar-refractivity contribution is -0.141. The predicted molar refractivity (Wildman–Crippen MR) is 107 cm³/mol. The van der Waals surface area contributed by atoms with Gasteiger partial charge in [0.1, 0.15) is 12.1 Å². The molecule has 7 nitrogen and oxygen atoms in total. The van der Waals surface area contributed by atoms with Gasteiger partial charge in [-0.25, -0.2) is 8.42 Å². The smallest absolute Gasteiger partial charge is 0.321 e. The molecule has 3 aromatic rings. The van der Waals surface area contributed by atoms with E-state index in [1.807, 2.05) is 19.1 Å². The van der Waals surface area contributed by atoms with Gasteiger partial charge in [-0.15, -0.1) is 0 Å². The standard InChI is InChI=1S/C21H21NO6S/c1-13-8-9-16(10-14(13)2)29(25,26)22-11-20(24)27-12-18(23)21-15(3)17-6-4-5-7-19(17)28-21/h4-10,22H,11-12H2,1-3H3. The summed E-state index contributed by atoms with van der Waals surface area (Å²) in [7, 11) is -3.86. The SMILES string of the molecule is Cc1ccc(S(=O)(=O)NCC(=O)OCC(=O)c2oc3ccccc3c2C)cc1C. The Bertz CT molecular complexity index is 1190. The molecule has 1 heterocycles. The maximum Gasteiger partial charge on any atom is 0.321 e. The van der Waals surface area contributed by atoms with Crippen molar-refractivity contribution in [3.8, 4) is 0 Å². The van der Waals surface area contributed by atoms with Crippen LogP contribution >= 0.6 is 0 Å². The Kier molecular flexibility index (Phi) is 5.86. The van der Waals surface area contributed by atoms with E-state index < -0.39 is 34.9 Å². The molecule has 0 saturated carbocycles. The third-order valence-corrected chi connectivity index (χ3v) is 6.06. The molecule has 0 radical (unpaired) electrons. The zero-order chi connectivity index (χ0) is 21.2. The highest BCUT2D eigenvalue weighted by Gasteiger charge is 2.20. The second-order valence-corrected chi connectivity index (χ2v) is 8.47. The minimum absolute atomic E-state index is 0.0578. The summed E-state index contributed by atoms with van der Waals surface area (Å²) in [5.74, 6) is -1.24. The van der Waals surface area contributed by atoms with Crippen LogP contribution in [0.15, 0.2) is 51.8 Å². The summed E-state index contributed by atoms with van der Waals surface area (Å²) in [5, 5.41) is 0.809. The molecule has 0 spiro atoms. The largest absolute Gasteiger partial charge is 0.456 e. The Labute approximate surface area is 168 Å². The number of rotatable bonds is 7. The number of hydrogen-bond donors (Lipinski definition) is 1. The molecule has 0 aliphatic carbocycles. The summed E-state index contributed by atoms with van der Waals surface area (Å²) in [6, 6.07) is 11.9. The van der Waals surface area contributed by atoms with Gasteiger partial charge in [-0.1, -0.05) is 24.3 Å². The lowest BCUT2D eigenvalue weighted by Crippen LogP contribution is -2.31. The van der Waals surface area contributed by atoms with Gasteiger partial charge in [-0.3, -0.25) is 9.59 Å². The average Bonchev–Trinajstić information content (AvgIpc) is 3.03. The number of carbonyl (C=O) groups is 2. The monoisotopic (exact) mass is 415 g/mol. The van der Waals surface area contributed by atoms with Gasteiger partial charge in [-0.2, -0.15) is 4.72 Å². The first-order valence-corrected chi connectivity index (χ1v) is 10.4. The summed E-state index contributed by atoms with van der Waals surface area (Å²) in [6.45, 7) is 4.30. The van der Waals surface area contributed by atoms with Crippen LogP contribution in [0.5, 0.6) is 0 Å². The van der Waals surface area contributed by atoms with Crippen molar-refractivity contribution in [3.05, 3.63) is 64.9 Å². The Morgan fingerprint density at radius 2 is 1.76 bits per heavy atom. The zero-order valence-corrected chi connectivity index (χ0v) is 17.1. The van der Waals surface area contributed by atoms with Crippen LogP contribution in [0.4, 0.5) is 0 Å². The van der Waals surface area contributed by atoms with Crippen molar-refractivity contribution in [3.63, 3.8) is 0 Å². The van der Waals surface area contributed by atoms with Crippen LogP contribution in [0.2, 0.25) is 0 Å². The van der Waals surface area contributed by atoms with Crippen LogP contribution in [-0.4, -0.2) is 33.3 Å². The maximum absolute atomic E-state index is 12.3. The average molecular weight is 415 g/mol. The first kappa shape index (κ1) is 20.8. The predicted octanol–water partition coefficient (Wildman–Crippen LogP) is 3.06. The number of furan rings is 1. The molecule has 152 valence electrons. The van der Waals surface area contributed by atoms with Crippen LogP contribution in [-0.2, 0) is 19.6 Å². The van der Waals surface area contributed by atoms with Crippen LogP contribution in [0.25, 0.3) is 11.0 Å². The summed E-state index contributed by atoms with van der Waals surface area (Å²) in [6.07, 6.45) is 0. The number of ether oxygens (including phenoxy) is 1. The number of fused-ring (bicyclic) bond motifs is 1. The molecule has 2 aromatic carbocycles. The van der Waals surface area contributed by atoms with Gasteiger partial charge >= 0.3 is 5.97 Å². The molecule has 0 unspecified atom stereocenters. The first-order chi connectivity index (χ1) is 13.7. The van der Waals surface area contributed by atoms with Crippen molar-refractivity contribution in [1.82, 2.24) is 4.72 Å². The van der Waals surface area contributed by atoms with E-state index in [1.165, 1.54) is 12.1 Å². The van der Waals surface area contributed by atoms with E-state index in [0.717, 1.165) is 16.5 Å². The van der Waals surface area contributed by atoms with Gasteiger partial charge < -0.3 is 9.15 Å². The normalized spacial score (nSPS) is 11.6. The zero-order valence-electron chi connectivity index (χ0n) is 16.3. The summed E-state index contributed by atoms with van der Waals surface area (Å²) >= 11 is 0. The van der Waals surface area contributed by atoms with Crippen molar-refractivity contribution < 1.29 is 27.2 Å². The quantitative estimate of drug-likeness (QED) is 0.470. The fourth-order valence-electron chi connectivity index (χ4n) is 2.82. The van der Waals surface area contributed by atoms with Gasteiger partial charge in [0.2, 0.25) is 15.8 Å². The van der Waals surface area contributed by atoms with Crippen LogP contribution in [0.1, 0.15) is 27.2 Å². The fraction of sp³-hybridized carbons (Fsp3) is 0.238. The summed E-state index contributed by atoms with van der Waals surface area (Å²) < 4.78 is 37.2. The molecule has 1 aromatic heterocycles. The Hall–Kier alpha value is -2.97. The molecule has 0 saturated heterocycles. The molecule has 0 aliphatic rings. The topological polar surface area (TPSA) is 103 Å². The van der Waals surface area contributed by atoms with E-state index in [0.29, 0.717) is 11.1 Å². The van der Waals surface area contributed by atoms with Crippen molar-refractivity contribution in [1.29, 1.82) is 0 Å². The fourth-order valence-corrected chi connectivity index (χ4v) is 3.87. The first-order valence-electron chi connectivity index (χ1n) is 8.93. The highest BCUT2D eigenvalue weighted by molar-refractivity contribution is 7.89. The van der Waals surface area contributed by atoms with Crippen molar-refractivity contribution in [2.75, 3.05) is 13.2 Å². The number of aryl methyl sites for hydroxylation is 3. The van der Waals surface area contributed by atoms with Crippen molar-refractivity contribution in [2.45, 2.75) is 25.7 Å². The molecule has 0 amide bonds. The van der Waals surface area contributed by atoms with Crippen LogP contribution in [0.3, 0.4) is 0 Å². The van der Waals surface area contributed by atoms with Gasteiger partial charge in [0, 0.05) is 10.9 Å². The lowest BCUT2D eigenvalue weighted by atomic mass is 10.1. The Morgan fingerprint density at radius 3 is 2.45 bits per heavy atom. The number of sulfonamides is 1. The van der Waals surface area contributed by atoms with Gasteiger partial charge in [0.25, 0.3) is 0 Å². The summed E-state index contributed by atoms with van der Waals surface area (Å²) in [5.41, 5.74) is 3.02. The third-order valence-electron chi connectivity index (χ3n) is 4.66. The maximum atomic E-state index is 12.3. The third kappa shape index (κ3) is 4.55. The molecular formula is C21H21NO6S. The second-order valence-electron chi connectivity index (χ2n) is 6.71. The molecule has 0 atom stereocenters. The number of ketones is 1. The number of Topliss-reactive ketones (excluding diaryl/α,β-unsaturated/α-hetero) is 1. The highest BCUT2D eigenvalue weighted by atomic mass is 32.2. The lowest BCUT2D eigenvalue weighted by Gasteiger charge is -2.08. The second kappa shape index (κ2) is 8.18. The summed E-state index contributed by atoms with van der Waals surface area (Å²) in [4.78, 5) is 24.3. The molecule has 0 bridgehead atoms. The minimum Gasteiger partial charge on any atom is -0.456 e. The molecule has 29 heavy (non-hydrogen) atoms. The van der Waals surface area contributed by atoms with E-state index in [2.05, 4.69) is 4.72 Å². The molecule has 8 heteroatoms. The number of esters is 1. The number of nitrogens with one attached hydrogen (secondary N) is 1. The van der Waals surface area contributed by atoms with Crippen LogP contribution < -0.4 is 4.72 Å². The van der Waals surface area contributed by atoms with E-state index in [-0.39, 0.29) is 10.7 Å². The van der Waals surface area contributed by atoms with Crippen molar-refractivity contribution in [2.24, 2.45) is 0 Å². The van der Waals surface area contributed by atoms with E-state index in [4.69, 9.17) is 9.15 Å². The molecule has 0 aliphatic heterocycles. The van der Waals surface area contributed by atoms with Gasteiger partial charge in [-0.05, 0) is 50.1 Å². The number of para-hydroxylation sites is 1. The van der Waals surface area contributed by atoms with Gasteiger partial charge in [0.15, 0.2) is 12.4 Å². The van der Waals surface area contributed by atoms with Crippen LogP contribution in [0, 0.1) is 20.8 Å². The van der Waals surface area contributed by atoms with Gasteiger partial charge in [0.05, 0.1) is 4.90 Å². The number of hydrogen-bond acceptors (Lipinski definition) is 6. The number of carbonyl (C=O) groups excluding carboxylic acids is 2. The molecule has 0 fully saturated rings. The minimum atomic E-state index is -3.86. The Morgan fingerprint density at radius 1 is 1.03 bits per heavy atom. The molecule has 3 rings (SSSR count). The van der Waals surface area contributed by atoms with Crippen molar-refractivity contribution >= 4 is 32.7 Å². The van der Waals surface area contributed by atoms with E-state index >= 15 is 0 Å².